The summed E-state index contributed by atoms with van der Waals surface area (Å²) < 4.78 is 243. The van der Waals surface area contributed by atoms with Crippen LogP contribution in [0.25, 0.3) is 0 Å². The van der Waals surface area contributed by atoms with Crippen LogP contribution in [0.1, 0.15) is 66.7 Å². The number of ether oxygens (including phenoxy) is 4. The third-order valence-electron chi connectivity index (χ3n) is 9.59. The van der Waals surface area contributed by atoms with Crippen molar-refractivity contribution in [2.45, 2.75) is 132 Å². The molecule has 0 aromatic rings. The van der Waals surface area contributed by atoms with Gasteiger partial charge in [-0.15, -0.1) is 0 Å². The number of esters is 2. The summed E-state index contributed by atoms with van der Waals surface area (Å²) in [6.45, 7) is 3.87. The van der Waals surface area contributed by atoms with E-state index in [-0.39, 0.29) is 6.42 Å². The second kappa shape index (κ2) is 16.4. The molecule has 6 atom stereocenters. The molecule has 9 nitrogen and oxygen atoms in total. The van der Waals surface area contributed by atoms with Crippen LogP contribution in [0.15, 0.2) is 0 Å². The van der Waals surface area contributed by atoms with Gasteiger partial charge in [-0.3, -0.25) is 14.3 Å². The highest BCUT2D eigenvalue weighted by atomic mass is 19.4. The molecular weight excluding hydrogens is 815 g/mol. The van der Waals surface area contributed by atoms with Crippen LogP contribution in [0.3, 0.4) is 0 Å². The number of rotatable bonds is 9. The average Bonchev–Trinajstić information content (AvgIpc) is 3.01. The Hall–Kier alpha value is -2.45. The maximum atomic E-state index is 13.6. The lowest BCUT2D eigenvalue weighted by molar-refractivity contribution is -0.493. The van der Waals surface area contributed by atoms with Gasteiger partial charge >= 0.3 is 48.9 Å². The Balaban J connectivity index is 0.000000596. The van der Waals surface area contributed by atoms with Crippen molar-refractivity contribution in [3.8, 4) is 0 Å². The zero-order valence-corrected chi connectivity index (χ0v) is 29.1. The fourth-order valence-corrected chi connectivity index (χ4v) is 5.62. The van der Waals surface area contributed by atoms with Crippen LogP contribution in [0.5, 0.6) is 0 Å². The molecule has 1 aliphatic carbocycles. The summed E-state index contributed by atoms with van der Waals surface area (Å²) in [4.78, 5) is 23.4. The summed E-state index contributed by atoms with van der Waals surface area (Å²) in [7, 11) is 0. The SMILES string of the molecule is CCC(C)C(=O)OC1CC(C(O)(C(F)(F)F)C(F)(F)F)CC(C(O)(C(F)(F)F)C(F)(F)F)C1.CCC(C)C(=O)OCC1(C)OCOC(F)(F)C1(O)C(F)(F)F. The molecule has 1 saturated carbocycles. The van der Waals surface area contributed by atoms with Gasteiger partial charge in [-0.1, -0.05) is 27.7 Å². The lowest BCUT2D eigenvalue weighted by atomic mass is 9.65. The molecule has 1 heterocycles. The van der Waals surface area contributed by atoms with Crippen LogP contribution in [0.2, 0.25) is 0 Å². The Morgan fingerprint density at radius 3 is 1.38 bits per heavy atom. The van der Waals surface area contributed by atoms with E-state index in [9.17, 15) is 99.5 Å². The van der Waals surface area contributed by atoms with Gasteiger partial charge in [0.1, 0.15) is 18.3 Å². The molecule has 1 aliphatic heterocycles. The molecule has 3 N–H and O–H groups in total. The summed E-state index contributed by atoms with van der Waals surface area (Å²) in [5, 5.41) is 28.8. The first-order valence-corrected chi connectivity index (χ1v) is 15.8. The Bertz CT molecular complexity index is 1240. The van der Waals surface area contributed by atoms with Crippen LogP contribution in [-0.4, -0.2) is 106 Å². The van der Waals surface area contributed by atoms with Crippen LogP contribution in [0.4, 0.5) is 74.6 Å². The van der Waals surface area contributed by atoms with Crippen molar-refractivity contribution >= 4 is 11.9 Å². The number of aliphatic hydroxyl groups is 3. The molecule has 55 heavy (non-hydrogen) atoms. The van der Waals surface area contributed by atoms with Crippen LogP contribution < -0.4 is 0 Å². The van der Waals surface area contributed by atoms with E-state index in [2.05, 4.69) is 18.9 Å². The molecular formula is C29H37F17O9. The van der Waals surface area contributed by atoms with Crippen molar-refractivity contribution in [2.75, 3.05) is 13.4 Å². The van der Waals surface area contributed by atoms with Crippen molar-refractivity contribution in [3.63, 3.8) is 0 Å². The Labute approximate surface area is 300 Å². The van der Waals surface area contributed by atoms with Crippen molar-refractivity contribution in [1.82, 2.24) is 0 Å². The molecule has 2 fully saturated rings. The predicted molar refractivity (Wildman–Crippen MR) is 146 cm³/mol. The first kappa shape index (κ1) is 50.6. The van der Waals surface area contributed by atoms with Gasteiger partial charge in [0.05, 0.1) is 11.8 Å². The summed E-state index contributed by atoms with van der Waals surface area (Å²) >= 11 is 0. The van der Waals surface area contributed by atoms with E-state index in [1.165, 1.54) is 20.8 Å². The maximum absolute atomic E-state index is 13.6. The van der Waals surface area contributed by atoms with Crippen molar-refractivity contribution in [1.29, 1.82) is 0 Å². The number of carbonyl (C=O) groups is 2. The average molecular weight is 853 g/mol. The highest BCUT2D eigenvalue weighted by Crippen LogP contribution is 2.58. The van der Waals surface area contributed by atoms with Gasteiger partial charge in [0, 0.05) is 11.8 Å². The minimum absolute atomic E-state index is 0.0164. The van der Waals surface area contributed by atoms with E-state index >= 15 is 0 Å². The van der Waals surface area contributed by atoms with Crippen molar-refractivity contribution in [2.24, 2.45) is 23.7 Å². The highest BCUT2D eigenvalue weighted by molar-refractivity contribution is 5.72. The smallest absolute Gasteiger partial charge is 0.429 e. The van der Waals surface area contributed by atoms with Gasteiger partial charge in [0.25, 0.3) is 16.8 Å². The molecule has 0 spiro atoms. The second-order valence-electron chi connectivity index (χ2n) is 13.3. The van der Waals surface area contributed by atoms with Gasteiger partial charge in [-0.05, 0) is 39.0 Å². The molecule has 0 radical (unpaired) electrons. The summed E-state index contributed by atoms with van der Waals surface area (Å²) in [5.41, 5.74) is -19.1. The van der Waals surface area contributed by atoms with Crippen molar-refractivity contribution in [3.05, 3.63) is 0 Å². The minimum atomic E-state index is -6.57. The first-order valence-electron chi connectivity index (χ1n) is 15.8. The molecule has 6 unspecified atom stereocenters. The van der Waals surface area contributed by atoms with Gasteiger partial charge < -0.3 is 29.5 Å². The highest BCUT2D eigenvalue weighted by Gasteiger charge is 2.81. The van der Waals surface area contributed by atoms with E-state index in [1.807, 2.05) is 0 Å². The molecule has 1 saturated heterocycles. The molecule has 0 bridgehead atoms. The number of halogens is 17. The van der Waals surface area contributed by atoms with Gasteiger partial charge in [0.15, 0.2) is 6.79 Å². The summed E-state index contributed by atoms with van der Waals surface area (Å²) in [6, 6.07) is 0. The predicted octanol–water partition coefficient (Wildman–Crippen LogP) is 7.30. The molecule has 0 aromatic carbocycles. The molecule has 2 aliphatic rings. The maximum Gasteiger partial charge on any atom is 0.429 e. The van der Waals surface area contributed by atoms with E-state index in [4.69, 9.17) is 0 Å². The fraction of sp³-hybridized carbons (Fsp3) is 0.931. The summed E-state index contributed by atoms with van der Waals surface area (Å²) in [6.07, 6.45) is -44.3. The Morgan fingerprint density at radius 2 is 1.05 bits per heavy atom. The third kappa shape index (κ3) is 9.65. The van der Waals surface area contributed by atoms with Crippen LogP contribution in [0, 0.1) is 23.7 Å². The first-order chi connectivity index (χ1) is 24.3. The van der Waals surface area contributed by atoms with Gasteiger partial charge in [0.2, 0.25) is 0 Å². The number of hydrogen-bond donors (Lipinski definition) is 3. The molecule has 326 valence electrons. The lowest BCUT2D eigenvalue weighted by Gasteiger charge is -2.50. The van der Waals surface area contributed by atoms with E-state index in [1.54, 1.807) is 6.92 Å². The topological polar surface area (TPSA) is 132 Å². The zero-order valence-electron chi connectivity index (χ0n) is 29.1. The van der Waals surface area contributed by atoms with Crippen LogP contribution in [-0.2, 0) is 28.5 Å². The van der Waals surface area contributed by atoms with E-state index in [0.717, 1.165) is 0 Å². The Morgan fingerprint density at radius 1 is 0.691 bits per heavy atom. The third-order valence-corrected chi connectivity index (χ3v) is 9.59. The summed E-state index contributed by atoms with van der Waals surface area (Å²) in [5.74, 6) is -10.6. The van der Waals surface area contributed by atoms with Gasteiger partial charge in [-0.2, -0.15) is 74.6 Å². The van der Waals surface area contributed by atoms with E-state index in [0.29, 0.717) is 13.3 Å². The number of hydrogen-bond acceptors (Lipinski definition) is 9. The molecule has 2 rings (SSSR count). The Kier molecular flexibility index (Phi) is 15.1. The number of carbonyl (C=O) groups excluding carboxylic acids is 2. The fourth-order valence-electron chi connectivity index (χ4n) is 5.62. The zero-order chi connectivity index (χ0) is 43.8. The van der Waals surface area contributed by atoms with Gasteiger partial charge in [-0.25, -0.2) is 0 Å². The minimum Gasteiger partial charge on any atom is -0.462 e. The molecule has 0 aromatic heterocycles. The van der Waals surface area contributed by atoms with Crippen molar-refractivity contribution < 1.29 is 118 Å². The standard InChI is InChI=1S/C17H20F12O4.C12H17F5O5/c1-3-7(2)11(30)33-10-5-8(12(31,14(18,19)20)15(21,22)23)4-9(6-10)13(32,16(24,25)26)17(27,28)29;1-4-7(2)8(18)20-5-9(3)10(19,11(13,14)15)12(16,17)22-6-21-9/h7-10,31-32H,3-6H2,1-2H3;7,19H,4-6H2,1-3H3. The normalized spacial score (nSPS) is 28.3. The van der Waals surface area contributed by atoms with E-state index < -0.39 is 134 Å². The quantitative estimate of drug-likeness (QED) is 0.162. The monoisotopic (exact) mass is 852 g/mol. The molecule has 26 heteroatoms. The number of alkyl halides is 17. The largest absolute Gasteiger partial charge is 0.462 e. The lowest BCUT2D eigenvalue weighted by Crippen LogP contribution is -2.76. The molecule has 0 amide bonds. The van der Waals surface area contributed by atoms with Crippen LogP contribution >= 0.6 is 0 Å². The second-order valence-corrected chi connectivity index (χ2v) is 13.3.